The number of hydrogen-bond donors (Lipinski definition) is 0. The summed E-state index contributed by atoms with van der Waals surface area (Å²) in [4.78, 5) is 4.23. The van der Waals surface area contributed by atoms with Crippen molar-refractivity contribution < 1.29 is 4.73 Å². The van der Waals surface area contributed by atoms with E-state index in [0.29, 0.717) is 11.6 Å². The van der Waals surface area contributed by atoms with Gasteiger partial charge in [-0.1, -0.05) is 23.7 Å². The SMILES string of the molecule is CN=C(Cn1cc[n+]([O-])c1)c1ccc(Cl)cc1. The highest BCUT2D eigenvalue weighted by Gasteiger charge is 2.07. The summed E-state index contributed by atoms with van der Waals surface area (Å²) in [5, 5.41) is 11.7. The maximum Gasteiger partial charge on any atom is 0.247 e. The van der Waals surface area contributed by atoms with Crippen LogP contribution in [0.15, 0.2) is 48.0 Å². The molecule has 0 aliphatic carbocycles. The third kappa shape index (κ3) is 2.85. The van der Waals surface area contributed by atoms with Crippen LogP contribution in [0.2, 0.25) is 5.02 Å². The molecule has 0 amide bonds. The fourth-order valence-corrected chi connectivity index (χ4v) is 1.70. The molecule has 0 spiro atoms. The van der Waals surface area contributed by atoms with Crippen LogP contribution in [-0.2, 0) is 6.54 Å². The number of imidazole rings is 1. The maximum absolute atomic E-state index is 11.0. The third-order valence-electron chi connectivity index (χ3n) is 2.45. The number of benzene rings is 1. The Morgan fingerprint density at radius 1 is 1.41 bits per heavy atom. The molecule has 0 atom stereocenters. The summed E-state index contributed by atoms with van der Waals surface area (Å²) in [5.41, 5.74) is 1.90. The first-order chi connectivity index (χ1) is 8.19. The lowest BCUT2D eigenvalue weighted by Gasteiger charge is -2.03. The van der Waals surface area contributed by atoms with Crippen LogP contribution < -0.4 is 4.73 Å². The van der Waals surface area contributed by atoms with E-state index >= 15 is 0 Å². The zero-order chi connectivity index (χ0) is 12.3. The highest BCUT2D eigenvalue weighted by molar-refractivity contribution is 6.30. The first kappa shape index (κ1) is 11.7. The standard InChI is InChI=1S/C12H12ClN3O/c1-14-12(8-15-6-7-16(17)9-15)10-2-4-11(13)5-3-10/h2-7,9H,8H2,1H3. The second-order valence-electron chi connectivity index (χ2n) is 3.62. The molecule has 88 valence electrons. The van der Waals surface area contributed by atoms with E-state index in [1.807, 2.05) is 24.3 Å². The summed E-state index contributed by atoms with van der Waals surface area (Å²) in [7, 11) is 1.73. The molecule has 0 bridgehead atoms. The lowest BCUT2D eigenvalue weighted by atomic mass is 10.1. The minimum absolute atomic E-state index is 0.563. The molecule has 0 unspecified atom stereocenters. The first-order valence-electron chi connectivity index (χ1n) is 5.15. The van der Waals surface area contributed by atoms with Gasteiger partial charge in [0.05, 0.1) is 5.71 Å². The van der Waals surface area contributed by atoms with Gasteiger partial charge in [-0.2, -0.15) is 0 Å². The Morgan fingerprint density at radius 3 is 2.65 bits per heavy atom. The molecule has 17 heavy (non-hydrogen) atoms. The van der Waals surface area contributed by atoms with Crippen molar-refractivity contribution in [2.24, 2.45) is 4.99 Å². The first-order valence-corrected chi connectivity index (χ1v) is 5.53. The summed E-state index contributed by atoms with van der Waals surface area (Å²) >= 11 is 5.83. The molecule has 0 saturated heterocycles. The predicted octanol–water partition coefficient (Wildman–Crippen LogP) is 1.89. The molecular formula is C12H12ClN3O. The molecule has 2 rings (SSSR count). The van der Waals surface area contributed by atoms with Crippen molar-refractivity contribution in [2.75, 3.05) is 7.05 Å². The van der Waals surface area contributed by atoms with E-state index in [1.54, 1.807) is 17.8 Å². The number of aliphatic imine (C=N–C) groups is 1. The van der Waals surface area contributed by atoms with E-state index in [9.17, 15) is 5.21 Å². The average Bonchev–Trinajstić information content (AvgIpc) is 2.73. The van der Waals surface area contributed by atoms with Gasteiger partial charge in [-0.15, -0.1) is 0 Å². The van der Waals surface area contributed by atoms with Gasteiger partial charge < -0.3 is 5.21 Å². The number of halogens is 1. The van der Waals surface area contributed by atoms with Gasteiger partial charge in [-0.05, 0) is 17.7 Å². The Morgan fingerprint density at radius 2 is 2.12 bits per heavy atom. The van der Waals surface area contributed by atoms with Gasteiger partial charge in [0.1, 0.15) is 18.9 Å². The van der Waals surface area contributed by atoms with Crippen LogP contribution in [0.3, 0.4) is 0 Å². The van der Waals surface area contributed by atoms with Gasteiger partial charge in [0, 0.05) is 12.1 Å². The summed E-state index contributed by atoms with van der Waals surface area (Å²) in [6.07, 6.45) is 4.64. The zero-order valence-corrected chi connectivity index (χ0v) is 10.1. The normalized spacial score (nSPS) is 11.8. The minimum Gasteiger partial charge on any atom is -0.711 e. The summed E-state index contributed by atoms with van der Waals surface area (Å²) < 4.78 is 2.54. The van der Waals surface area contributed by atoms with Gasteiger partial charge in [0.15, 0.2) is 0 Å². The Hall–Kier alpha value is -1.81. The second-order valence-corrected chi connectivity index (χ2v) is 4.06. The molecule has 0 saturated carbocycles. The lowest BCUT2D eigenvalue weighted by molar-refractivity contribution is -0.604. The van der Waals surface area contributed by atoms with E-state index in [2.05, 4.69) is 4.99 Å². The number of aromatic nitrogens is 2. The maximum atomic E-state index is 11.0. The molecule has 5 heteroatoms. The van der Waals surface area contributed by atoms with Crippen molar-refractivity contribution in [1.82, 2.24) is 4.57 Å². The van der Waals surface area contributed by atoms with Gasteiger partial charge in [0.2, 0.25) is 6.33 Å². The molecule has 1 aromatic carbocycles. The van der Waals surface area contributed by atoms with E-state index in [0.717, 1.165) is 16.0 Å². The van der Waals surface area contributed by atoms with Crippen LogP contribution >= 0.6 is 11.6 Å². The monoisotopic (exact) mass is 249 g/mol. The van der Waals surface area contributed by atoms with Crippen molar-refractivity contribution in [1.29, 1.82) is 0 Å². The fraction of sp³-hybridized carbons (Fsp3) is 0.167. The van der Waals surface area contributed by atoms with E-state index in [1.165, 1.54) is 12.5 Å². The van der Waals surface area contributed by atoms with Crippen molar-refractivity contribution in [3.8, 4) is 0 Å². The highest BCUT2D eigenvalue weighted by Crippen LogP contribution is 2.11. The van der Waals surface area contributed by atoms with E-state index < -0.39 is 0 Å². The summed E-state index contributed by atoms with van der Waals surface area (Å²) in [5.74, 6) is 0. The molecule has 1 aromatic heterocycles. The highest BCUT2D eigenvalue weighted by atomic mass is 35.5. The average molecular weight is 250 g/mol. The molecule has 2 aromatic rings. The van der Waals surface area contributed by atoms with Gasteiger partial charge in [0.25, 0.3) is 0 Å². The summed E-state index contributed by atoms with van der Waals surface area (Å²) in [6.45, 7) is 0.563. The van der Waals surface area contributed by atoms with Crippen LogP contribution in [0.25, 0.3) is 0 Å². The molecule has 0 aliphatic rings. The van der Waals surface area contributed by atoms with Crippen molar-refractivity contribution >= 4 is 17.3 Å². The van der Waals surface area contributed by atoms with Crippen LogP contribution in [0, 0.1) is 5.21 Å². The van der Waals surface area contributed by atoms with Crippen LogP contribution in [0.5, 0.6) is 0 Å². The molecule has 0 N–H and O–H groups in total. The largest absolute Gasteiger partial charge is 0.711 e. The van der Waals surface area contributed by atoms with Crippen LogP contribution in [0.4, 0.5) is 0 Å². The van der Waals surface area contributed by atoms with Gasteiger partial charge in [-0.25, -0.2) is 9.30 Å². The Labute approximate surface area is 104 Å². The van der Waals surface area contributed by atoms with E-state index in [4.69, 9.17) is 11.6 Å². The lowest BCUT2D eigenvalue weighted by Crippen LogP contribution is -2.22. The molecule has 0 aliphatic heterocycles. The summed E-state index contributed by atoms with van der Waals surface area (Å²) in [6, 6.07) is 7.48. The molecule has 0 radical (unpaired) electrons. The Balaban J connectivity index is 2.20. The second kappa shape index (κ2) is 5.01. The van der Waals surface area contributed by atoms with E-state index in [-0.39, 0.29) is 0 Å². The van der Waals surface area contributed by atoms with Crippen LogP contribution in [0.1, 0.15) is 5.56 Å². The Bertz CT molecular complexity index is 531. The topological polar surface area (TPSA) is 44.2 Å². The zero-order valence-electron chi connectivity index (χ0n) is 9.38. The quantitative estimate of drug-likeness (QED) is 0.465. The van der Waals surface area contributed by atoms with Crippen molar-refractivity contribution in [3.63, 3.8) is 0 Å². The molecule has 4 nitrogen and oxygen atoms in total. The molecule has 1 heterocycles. The number of rotatable bonds is 3. The number of hydrogen-bond acceptors (Lipinski definition) is 2. The Kier molecular flexibility index (Phi) is 3.44. The van der Waals surface area contributed by atoms with Crippen molar-refractivity contribution in [2.45, 2.75) is 6.54 Å². The van der Waals surface area contributed by atoms with Crippen LogP contribution in [-0.4, -0.2) is 17.3 Å². The van der Waals surface area contributed by atoms with Gasteiger partial charge >= 0.3 is 0 Å². The van der Waals surface area contributed by atoms with Gasteiger partial charge in [-0.3, -0.25) is 4.99 Å². The number of nitrogens with zero attached hydrogens (tertiary/aromatic N) is 3. The smallest absolute Gasteiger partial charge is 0.247 e. The minimum atomic E-state index is 0.563. The third-order valence-corrected chi connectivity index (χ3v) is 2.70. The predicted molar refractivity (Wildman–Crippen MR) is 67.3 cm³/mol. The van der Waals surface area contributed by atoms with Crippen molar-refractivity contribution in [3.05, 3.63) is 58.8 Å². The molecular weight excluding hydrogens is 238 g/mol. The fourth-order valence-electron chi connectivity index (χ4n) is 1.57. The molecule has 0 fully saturated rings.